The van der Waals surface area contributed by atoms with Crippen molar-refractivity contribution in [3.63, 3.8) is 0 Å². The molecule has 0 radical (unpaired) electrons. The maximum absolute atomic E-state index is 10.8. The molecule has 1 aromatic carbocycles. The zero-order valence-corrected chi connectivity index (χ0v) is 10.4. The summed E-state index contributed by atoms with van der Waals surface area (Å²) in [6.45, 7) is 0. The minimum Gasteiger partial charge on any atom is -0.468 e. The number of methoxy groups -OCH3 is 1. The van der Waals surface area contributed by atoms with Crippen molar-refractivity contribution < 1.29 is 9.53 Å². The summed E-state index contributed by atoms with van der Waals surface area (Å²) in [4.78, 5) is 10.8. The summed E-state index contributed by atoms with van der Waals surface area (Å²) >= 11 is 9.11. The van der Waals surface area contributed by atoms with E-state index in [2.05, 4.69) is 32.5 Å². The highest BCUT2D eigenvalue weighted by molar-refractivity contribution is 9.10. The number of rotatable bonds is 1. The third-order valence-electron chi connectivity index (χ3n) is 1.61. The summed E-state index contributed by atoms with van der Waals surface area (Å²) in [6.07, 6.45) is 0.0940. The lowest BCUT2D eigenvalue weighted by molar-refractivity contribution is -0.139. The molecule has 0 unspecified atom stereocenters. The quantitative estimate of drug-likeness (QED) is 0.586. The Balaban J connectivity index is 2.72. The average Bonchev–Trinajstić information content (AvgIpc) is 2.23. The summed E-state index contributed by atoms with van der Waals surface area (Å²) in [5.74, 6) is 5.21. The minimum atomic E-state index is -0.337. The fourth-order valence-electron chi connectivity index (χ4n) is 0.864. The van der Waals surface area contributed by atoms with E-state index in [1.165, 1.54) is 7.11 Å². The van der Waals surface area contributed by atoms with Crippen LogP contribution in [0.1, 0.15) is 12.0 Å². The van der Waals surface area contributed by atoms with Gasteiger partial charge in [-0.2, -0.15) is 0 Å². The van der Waals surface area contributed by atoms with Gasteiger partial charge < -0.3 is 4.74 Å². The molecule has 0 fully saturated rings. The first kappa shape index (κ1) is 12.1. The first-order valence-corrected chi connectivity index (χ1v) is 5.31. The molecule has 0 saturated carbocycles. The lowest BCUT2D eigenvalue weighted by atomic mass is 10.2. The van der Waals surface area contributed by atoms with E-state index in [4.69, 9.17) is 11.6 Å². The molecule has 4 heteroatoms. The van der Waals surface area contributed by atoms with E-state index < -0.39 is 0 Å². The van der Waals surface area contributed by atoms with Gasteiger partial charge in [0.1, 0.15) is 6.42 Å². The van der Waals surface area contributed by atoms with Gasteiger partial charge in [0.2, 0.25) is 0 Å². The van der Waals surface area contributed by atoms with Gasteiger partial charge in [-0.15, -0.1) is 0 Å². The summed E-state index contributed by atoms with van der Waals surface area (Å²) in [6, 6.07) is 5.33. The van der Waals surface area contributed by atoms with Crippen molar-refractivity contribution in [1.29, 1.82) is 0 Å². The molecule has 0 aromatic heterocycles. The molecule has 0 amide bonds. The summed E-state index contributed by atoms with van der Waals surface area (Å²) in [5.41, 5.74) is 0.801. The number of ether oxygens (including phenoxy) is 1. The van der Waals surface area contributed by atoms with Crippen LogP contribution in [0.4, 0.5) is 0 Å². The van der Waals surface area contributed by atoms with E-state index in [-0.39, 0.29) is 12.4 Å². The summed E-state index contributed by atoms with van der Waals surface area (Å²) < 4.78 is 5.25. The SMILES string of the molecule is COC(=O)CC#Cc1ccc(Cl)c(Br)c1. The molecule has 0 atom stereocenters. The summed E-state index contributed by atoms with van der Waals surface area (Å²) in [5, 5.41) is 0.633. The number of esters is 1. The molecule has 0 N–H and O–H groups in total. The van der Waals surface area contributed by atoms with Gasteiger partial charge >= 0.3 is 5.97 Å². The predicted octanol–water partition coefficient (Wildman–Crippen LogP) is 3.02. The molecule has 0 bridgehead atoms. The molecule has 0 aliphatic rings. The molecule has 78 valence electrons. The van der Waals surface area contributed by atoms with Gasteiger partial charge in [0, 0.05) is 10.0 Å². The maximum atomic E-state index is 10.8. The van der Waals surface area contributed by atoms with Crippen LogP contribution >= 0.6 is 27.5 Å². The van der Waals surface area contributed by atoms with Crippen LogP contribution < -0.4 is 0 Å². The number of halogens is 2. The normalized spacial score (nSPS) is 9.00. The van der Waals surface area contributed by atoms with Gasteiger partial charge in [-0.25, -0.2) is 0 Å². The Kier molecular flexibility index (Phi) is 4.67. The number of carbonyl (C=O) groups is 1. The topological polar surface area (TPSA) is 26.3 Å². The fraction of sp³-hybridized carbons (Fsp3) is 0.182. The molecule has 15 heavy (non-hydrogen) atoms. The van der Waals surface area contributed by atoms with Crippen LogP contribution in [0, 0.1) is 11.8 Å². The van der Waals surface area contributed by atoms with Crippen molar-refractivity contribution in [3.05, 3.63) is 33.3 Å². The number of carbonyl (C=O) groups excluding carboxylic acids is 1. The molecule has 0 aliphatic carbocycles. The predicted molar refractivity (Wildman–Crippen MR) is 62.7 cm³/mol. The molecule has 1 rings (SSSR count). The highest BCUT2D eigenvalue weighted by Gasteiger charge is 1.97. The molecule has 0 heterocycles. The van der Waals surface area contributed by atoms with Crippen molar-refractivity contribution in [2.75, 3.05) is 7.11 Å². The average molecular weight is 288 g/mol. The Bertz CT molecular complexity index is 432. The van der Waals surface area contributed by atoms with Crippen LogP contribution in [0.3, 0.4) is 0 Å². The second-order valence-electron chi connectivity index (χ2n) is 2.68. The lowest BCUT2D eigenvalue weighted by Crippen LogP contribution is -1.96. The van der Waals surface area contributed by atoms with E-state index >= 15 is 0 Å². The molecule has 0 aliphatic heterocycles. The second-order valence-corrected chi connectivity index (χ2v) is 3.95. The van der Waals surface area contributed by atoms with Crippen LogP contribution in [0.25, 0.3) is 0 Å². The van der Waals surface area contributed by atoms with Crippen LogP contribution in [-0.4, -0.2) is 13.1 Å². The highest BCUT2D eigenvalue weighted by atomic mass is 79.9. The van der Waals surface area contributed by atoms with Crippen molar-refractivity contribution in [2.24, 2.45) is 0 Å². The third-order valence-corrected chi connectivity index (χ3v) is 2.83. The zero-order chi connectivity index (χ0) is 11.3. The Morgan fingerprint density at radius 3 is 2.93 bits per heavy atom. The van der Waals surface area contributed by atoms with Crippen LogP contribution in [0.2, 0.25) is 5.02 Å². The smallest absolute Gasteiger partial charge is 0.317 e. The van der Waals surface area contributed by atoms with E-state index in [1.54, 1.807) is 18.2 Å². The Morgan fingerprint density at radius 2 is 2.33 bits per heavy atom. The standard InChI is InChI=1S/C11H8BrClO2/c1-15-11(14)4-2-3-8-5-6-10(13)9(12)7-8/h5-7H,4H2,1H3. The van der Waals surface area contributed by atoms with Gasteiger partial charge in [-0.1, -0.05) is 23.4 Å². The largest absolute Gasteiger partial charge is 0.468 e. The van der Waals surface area contributed by atoms with Gasteiger partial charge in [0.25, 0.3) is 0 Å². The maximum Gasteiger partial charge on any atom is 0.317 e. The molecular weight excluding hydrogens is 279 g/mol. The zero-order valence-electron chi connectivity index (χ0n) is 8.01. The van der Waals surface area contributed by atoms with Gasteiger partial charge in [0.05, 0.1) is 12.1 Å². The second kappa shape index (κ2) is 5.79. The van der Waals surface area contributed by atoms with Crippen molar-refractivity contribution >= 4 is 33.5 Å². The molecule has 1 aromatic rings. The number of benzene rings is 1. The molecule has 0 saturated heterocycles. The first-order chi connectivity index (χ1) is 7.13. The summed E-state index contributed by atoms with van der Waals surface area (Å²) in [7, 11) is 1.34. The Labute approximate surface area is 102 Å². The van der Waals surface area contributed by atoms with Gasteiger partial charge in [-0.3, -0.25) is 4.79 Å². The third kappa shape index (κ3) is 3.94. The first-order valence-electron chi connectivity index (χ1n) is 4.14. The number of hydrogen-bond acceptors (Lipinski definition) is 2. The minimum absolute atomic E-state index is 0.0940. The lowest BCUT2D eigenvalue weighted by Gasteiger charge is -1.95. The van der Waals surface area contributed by atoms with Gasteiger partial charge in [-0.05, 0) is 34.1 Å². The van der Waals surface area contributed by atoms with Crippen molar-refractivity contribution in [1.82, 2.24) is 0 Å². The number of hydrogen-bond donors (Lipinski definition) is 0. The van der Waals surface area contributed by atoms with Crippen molar-refractivity contribution in [3.8, 4) is 11.8 Å². The van der Waals surface area contributed by atoms with Crippen molar-refractivity contribution in [2.45, 2.75) is 6.42 Å². The van der Waals surface area contributed by atoms with Gasteiger partial charge in [0.15, 0.2) is 0 Å². The van der Waals surface area contributed by atoms with E-state index in [0.717, 1.165) is 10.0 Å². The van der Waals surface area contributed by atoms with E-state index in [1.807, 2.05) is 0 Å². The van der Waals surface area contributed by atoms with E-state index in [9.17, 15) is 4.79 Å². The monoisotopic (exact) mass is 286 g/mol. The van der Waals surface area contributed by atoms with Crippen LogP contribution in [0.15, 0.2) is 22.7 Å². The molecular formula is C11H8BrClO2. The van der Waals surface area contributed by atoms with E-state index in [0.29, 0.717) is 5.02 Å². The van der Waals surface area contributed by atoms with Crippen LogP contribution in [0.5, 0.6) is 0 Å². The Morgan fingerprint density at radius 1 is 1.60 bits per heavy atom. The highest BCUT2D eigenvalue weighted by Crippen LogP contribution is 2.22. The fourth-order valence-corrected chi connectivity index (χ4v) is 1.36. The molecule has 2 nitrogen and oxygen atoms in total. The Hall–Kier alpha value is -0.980. The molecule has 0 spiro atoms. The van der Waals surface area contributed by atoms with Crippen LogP contribution in [-0.2, 0) is 9.53 Å².